The summed E-state index contributed by atoms with van der Waals surface area (Å²) in [6.07, 6.45) is 1.15. The molecule has 1 aromatic rings. The van der Waals surface area contributed by atoms with Gasteiger partial charge in [-0.15, -0.1) is 0 Å². The minimum Gasteiger partial charge on any atom is -0.360 e. The second kappa shape index (κ2) is 5.60. The first-order chi connectivity index (χ1) is 6.77. The minimum atomic E-state index is 0.827. The predicted octanol–water partition coefficient (Wildman–Crippen LogP) is 1.65. The van der Waals surface area contributed by atoms with Gasteiger partial charge in [0.2, 0.25) is 0 Å². The molecule has 1 heterocycles. The average Bonchev–Trinajstić information content (AvgIpc) is 2.19. The summed E-state index contributed by atoms with van der Waals surface area (Å²) < 4.78 is 0. The molecule has 0 bridgehead atoms. The van der Waals surface area contributed by atoms with Crippen molar-refractivity contribution in [1.82, 2.24) is 10.3 Å². The van der Waals surface area contributed by atoms with Crippen molar-refractivity contribution in [1.29, 1.82) is 0 Å². The van der Waals surface area contributed by atoms with Gasteiger partial charge in [-0.1, -0.05) is 13.0 Å². The predicted molar refractivity (Wildman–Crippen MR) is 60.6 cm³/mol. The summed E-state index contributed by atoms with van der Waals surface area (Å²) >= 11 is 0. The smallest absolute Gasteiger partial charge is 0.128 e. The van der Waals surface area contributed by atoms with Crippen LogP contribution in [0.25, 0.3) is 0 Å². The molecule has 1 rings (SSSR count). The van der Waals surface area contributed by atoms with Crippen LogP contribution in [0.1, 0.15) is 19.0 Å². The molecule has 14 heavy (non-hydrogen) atoms. The second-order valence-corrected chi connectivity index (χ2v) is 3.44. The molecule has 0 aliphatic carbocycles. The van der Waals surface area contributed by atoms with Crippen LogP contribution >= 0.6 is 0 Å². The maximum Gasteiger partial charge on any atom is 0.128 e. The topological polar surface area (TPSA) is 28.2 Å². The molecule has 0 radical (unpaired) electrons. The van der Waals surface area contributed by atoms with E-state index in [0.717, 1.165) is 31.0 Å². The standard InChI is InChI=1S/C11H19N3/c1-4-8-14(3)11-7-5-6-10(13-11)9-12-2/h5-7,12H,4,8-9H2,1-3H3. The normalized spacial score (nSPS) is 10.2. The third kappa shape index (κ3) is 3.00. The Kier molecular flexibility index (Phi) is 4.40. The Balaban J connectivity index is 2.71. The third-order valence-electron chi connectivity index (χ3n) is 2.10. The fourth-order valence-electron chi connectivity index (χ4n) is 1.41. The lowest BCUT2D eigenvalue weighted by atomic mass is 10.3. The molecule has 0 atom stereocenters. The Morgan fingerprint density at radius 3 is 2.86 bits per heavy atom. The number of pyridine rings is 1. The highest BCUT2D eigenvalue weighted by Crippen LogP contribution is 2.09. The number of hydrogen-bond donors (Lipinski definition) is 1. The van der Waals surface area contributed by atoms with Crippen molar-refractivity contribution in [3.8, 4) is 0 Å². The molecule has 0 aliphatic heterocycles. The zero-order valence-corrected chi connectivity index (χ0v) is 9.25. The first-order valence-electron chi connectivity index (χ1n) is 5.09. The monoisotopic (exact) mass is 193 g/mol. The molecule has 3 heteroatoms. The average molecular weight is 193 g/mol. The van der Waals surface area contributed by atoms with Crippen molar-refractivity contribution in [2.45, 2.75) is 19.9 Å². The van der Waals surface area contributed by atoms with Gasteiger partial charge in [0.1, 0.15) is 5.82 Å². The molecule has 3 nitrogen and oxygen atoms in total. The first kappa shape index (κ1) is 11.0. The maximum atomic E-state index is 4.54. The largest absolute Gasteiger partial charge is 0.360 e. The minimum absolute atomic E-state index is 0.827. The van der Waals surface area contributed by atoms with Gasteiger partial charge in [0.15, 0.2) is 0 Å². The zero-order valence-electron chi connectivity index (χ0n) is 9.25. The van der Waals surface area contributed by atoms with Crippen molar-refractivity contribution in [3.05, 3.63) is 23.9 Å². The molecule has 0 saturated heterocycles. The molecule has 0 aromatic carbocycles. The molecule has 0 fully saturated rings. The Morgan fingerprint density at radius 1 is 1.43 bits per heavy atom. The molecule has 0 aliphatic rings. The highest BCUT2D eigenvalue weighted by Gasteiger charge is 2.01. The summed E-state index contributed by atoms with van der Waals surface area (Å²) in [5.41, 5.74) is 1.09. The fourth-order valence-corrected chi connectivity index (χ4v) is 1.41. The van der Waals surface area contributed by atoms with E-state index >= 15 is 0 Å². The lowest BCUT2D eigenvalue weighted by Crippen LogP contribution is -2.19. The molecular weight excluding hydrogens is 174 g/mol. The number of hydrogen-bond acceptors (Lipinski definition) is 3. The van der Waals surface area contributed by atoms with Gasteiger partial charge in [0.25, 0.3) is 0 Å². The molecule has 0 unspecified atom stereocenters. The van der Waals surface area contributed by atoms with Gasteiger partial charge >= 0.3 is 0 Å². The van der Waals surface area contributed by atoms with E-state index < -0.39 is 0 Å². The van der Waals surface area contributed by atoms with E-state index in [2.05, 4.69) is 41.3 Å². The van der Waals surface area contributed by atoms with Crippen LogP contribution in [0.4, 0.5) is 5.82 Å². The molecule has 0 amide bonds. The van der Waals surface area contributed by atoms with Crippen LogP contribution in [0.2, 0.25) is 0 Å². The maximum absolute atomic E-state index is 4.54. The van der Waals surface area contributed by atoms with Gasteiger partial charge in [-0.25, -0.2) is 4.98 Å². The molecule has 1 aromatic heterocycles. The molecule has 1 N–H and O–H groups in total. The summed E-state index contributed by atoms with van der Waals surface area (Å²) in [5.74, 6) is 1.06. The van der Waals surface area contributed by atoms with Gasteiger partial charge in [-0.3, -0.25) is 0 Å². The summed E-state index contributed by atoms with van der Waals surface area (Å²) in [6.45, 7) is 4.05. The lowest BCUT2D eigenvalue weighted by molar-refractivity contribution is 0.778. The van der Waals surface area contributed by atoms with E-state index in [-0.39, 0.29) is 0 Å². The summed E-state index contributed by atoms with van der Waals surface area (Å²) in [5, 5.41) is 3.10. The summed E-state index contributed by atoms with van der Waals surface area (Å²) in [4.78, 5) is 6.72. The van der Waals surface area contributed by atoms with Gasteiger partial charge in [0.05, 0.1) is 5.69 Å². The highest BCUT2D eigenvalue weighted by molar-refractivity contribution is 5.37. The Bertz CT molecular complexity index is 273. The van der Waals surface area contributed by atoms with Crippen LogP contribution < -0.4 is 10.2 Å². The van der Waals surface area contributed by atoms with Crippen LogP contribution in [0.15, 0.2) is 18.2 Å². The quantitative estimate of drug-likeness (QED) is 0.770. The van der Waals surface area contributed by atoms with E-state index in [1.807, 2.05) is 13.1 Å². The van der Waals surface area contributed by atoms with E-state index in [0.29, 0.717) is 0 Å². The first-order valence-corrected chi connectivity index (χ1v) is 5.09. The van der Waals surface area contributed by atoms with Crippen LogP contribution in [-0.2, 0) is 6.54 Å². The van der Waals surface area contributed by atoms with Crippen molar-refractivity contribution in [2.24, 2.45) is 0 Å². The summed E-state index contributed by atoms with van der Waals surface area (Å²) in [7, 11) is 4.01. The number of nitrogens with one attached hydrogen (secondary N) is 1. The highest BCUT2D eigenvalue weighted by atomic mass is 15.2. The second-order valence-electron chi connectivity index (χ2n) is 3.44. The van der Waals surface area contributed by atoms with Gasteiger partial charge in [0, 0.05) is 20.1 Å². The van der Waals surface area contributed by atoms with E-state index in [4.69, 9.17) is 0 Å². The number of aromatic nitrogens is 1. The van der Waals surface area contributed by atoms with Crippen molar-refractivity contribution in [3.63, 3.8) is 0 Å². The van der Waals surface area contributed by atoms with E-state index in [9.17, 15) is 0 Å². The van der Waals surface area contributed by atoms with Gasteiger partial charge < -0.3 is 10.2 Å². The van der Waals surface area contributed by atoms with E-state index in [1.54, 1.807) is 0 Å². The summed E-state index contributed by atoms with van der Waals surface area (Å²) in [6, 6.07) is 6.15. The Labute approximate surface area is 86.2 Å². The fraction of sp³-hybridized carbons (Fsp3) is 0.545. The zero-order chi connectivity index (χ0) is 10.4. The van der Waals surface area contributed by atoms with Crippen LogP contribution in [0.3, 0.4) is 0 Å². The van der Waals surface area contributed by atoms with Crippen LogP contribution in [-0.4, -0.2) is 25.6 Å². The number of nitrogens with zero attached hydrogens (tertiary/aromatic N) is 2. The number of anilines is 1. The Morgan fingerprint density at radius 2 is 2.21 bits per heavy atom. The number of rotatable bonds is 5. The van der Waals surface area contributed by atoms with Gasteiger partial charge in [-0.05, 0) is 25.6 Å². The molecule has 78 valence electrons. The van der Waals surface area contributed by atoms with E-state index in [1.165, 1.54) is 0 Å². The SMILES string of the molecule is CCCN(C)c1cccc(CNC)n1. The molecule has 0 spiro atoms. The lowest BCUT2D eigenvalue weighted by Gasteiger charge is -2.17. The van der Waals surface area contributed by atoms with Crippen molar-refractivity contribution >= 4 is 5.82 Å². The molecule has 0 saturated carbocycles. The van der Waals surface area contributed by atoms with Crippen molar-refractivity contribution in [2.75, 3.05) is 25.5 Å². The van der Waals surface area contributed by atoms with Crippen LogP contribution in [0, 0.1) is 0 Å². The van der Waals surface area contributed by atoms with Gasteiger partial charge in [-0.2, -0.15) is 0 Å². The Hall–Kier alpha value is -1.09. The van der Waals surface area contributed by atoms with Crippen LogP contribution in [0.5, 0.6) is 0 Å². The molecular formula is C11H19N3. The van der Waals surface area contributed by atoms with Crippen molar-refractivity contribution < 1.29 is 0 Å². The third-order valence-corrected chi connectivity index (χ3v) is 2.10.